The first-order chi connectivity index (χ1) is 8.69. The van der Waals surface area contributed by atoms with Crippen LogP contribution in [0.4, 0.5) is 4.39 Å². The minimum Gasteiger partial charge on any atom is -0.481 e. The van der Waals surface area contributed by atoms with Gasteiger partial charge in [-0.15, -0.1) is 0 Å². The zero-order valence-electron chi connectivity index (χ0n) is 10.0. The lowest BCUT2D eigenvalue weighted by atomic mass is 10.0. The third-order valence-electron chi connectivity index (χ3n) is 2.66. The maximum atomic E-state index is 13.0. The molecule has 3 nitrogen and oxygen atoms in total. The first-order valence-corrected chi connectivity index (χ1v) is 5.65. The van der Waals surface area contributed by atoms with Crippen LogP contribution in [0.2, 0.25) is 0 Å². The van der Waals surface area contributed by atoms with Crippen molar-refractivity contribution in [3.8, 4) is 11.8 Å². The lowest BCUT2D eigenvalue weighted by molar-refractivity contribution is 0.0666. The van der Waals surface area contributed by atoms with Gasteiger partial charge in [0.05, 0.1) is 0 Å². The van der Waals surface area contributed by atoms with E-state index in [-0.39, 0.29) is 17.8 Å². The largest absolute Gasteiger partial charge is 0.481 e. The smallest absolute Gasteiger partial charge is 0.166 e. The van der Waals surface area contributed by atoms with Crippen molar-refractivity contribution in [3.63, 3.8) is 0 Å². The standard InChI is InChI=1S/C14H14FNO2/c1-10-7-13(5-6-14(10)18-16)17-9-11-3-2-4-12(15)8-11/h2-4,7-8,10,14H,9,16H2,1H3. The Labute approximate surface area is 105 Å². The zero-order chi connectivity index (χ0) is 13.0. The summed E-state index contributed by atoms with van der Waals surface area (Å²) in [6.07, 6.45) is 1.55. The molecule has 0 aromatic heterocycles. The van der Waals surface area contributed by atoms with Crippen molar-refractivity contribution < 1.29 is 14.0 Å². The van der Waals surface area contributed by atoms with Crippen LogP contribution in [0.3, 0.4) is 0 Å². The van der Waals surface area contributed by atoms with E-state index >= 15 is 0 Å². The number of hydrogen-bond acceptors (Lipinski definition) is 3. The van der Waals surface area contributed by atoms with Gasteiger partial charge in [-0.3, -0.25) is 4.84 Å². The van der Waals surface area contributed by atoms with Crippen LogP contribution < -0.4 is 5.90 Å². The first kappa shape index (κ1) is 12.6. The van der Waals surface area contributed by atoms with Crippen LogP contribution in [0.25, 0.3) is 0 Å². The Kier molecular flexibility index (Phi) is 3.98. The van der Waals surface area contributed by atoms with E-state index in [1.165, 1.54) is 12.1 Å². The van der Waals surface area contributed by atoms with E-state index < -0.39 is 0 Å². The van der Waals surface area contributed by atoms with Crippen molar-refractivity contribution in [2.75, 3.05) is 0 Å². The first-order valence-electron chi connectivity index (χ1n) is 5.65. The summed E-state index contributed by atoms with van der Waals surface area (Å²) >= 11 is 0. The third-order valence-corrected chi connectivity index (χ3v) is 2.66. The molecule has 0 spiro atoms. The third kappa shape index (κ3) is 3.10. The van der Waals surface area contributed by atoms with E-state index in [2.05, 4.69) is 11.8 Å². The Hall–Kier alpha value is -1.83. The van der Waals surface area contributed by atoms with Gasteiger partial charge in [0, 0.05) is 5.92 Å². The highest BCUT2D eigenvalue weighted by Crippen LogP contribution is 2.16. The molecule has 0 saturated carbocycles. The number of benzene rings is 1. The molecule has 0 heterocycles. The predicted molar refractivity (Wildman–Crippen MR) is 65.3 cm³/mol. The van der Waals surface area contributed by atoms with Crippen LogP contribution >= 0.6 is 0 Å². The van der Waals surface area contributed by atoms with Gasteiger partial charge in [-0.1, -0.05) is 25.0 Å². The number of allylic oxidation sites excluding steroid dienone is 1. The van der Waals surface area contributed by atoms with E-state index in [0.717, 1.165) is 5.56 Å². The van der Waals surface area contributed by atoms with Crippen molar-refractivity contribution in [2.45, 2.75) is 19.6 Å². The van der Waals surface area contributed by atoms with Crippen molar-refractivity contribution in [1.82, 2.24) is 0 Å². The molecule has 1 aliphatic carbocycles. The molecule has 0 bridgehead atoms. The molecule has 94 valence electrons. The number of hydrogen-bond donors (Lipinski definition) is 1. The van der Waals surface area contributed by atoms with E-state index in [1.54, 1.807) is 12.1 Å². The summed E-state index contributed by atoms with van der Waals surface area (Å²) in [6.45, 7) is 2.23. The van der Waals surface area contributed by atoms with E-state index in [0.29, 0.717) is 12.4 Å². The number of halogens is 1. The van der Waals surface area contributed by atoms with Crippen LogP contribution in [-0.4, -0.2) is 6.10 Å². The van der Waals surface area contributed by atoms with Crippen LogP contribution in [0, 0.1) is 23.6 Å². The summed E-state index contributed by atoms with van der Waals surface area (Å²) in [5.74, 6) is 11.1. The van der Waals surface area contributed by atoms with Gasteiger partial charge in [0.25, 0.3) is 0 Å². The van der Waals surface area contributed by atoms with Gasteiger partial charge >= 0.3 is 0 Å². The van der Waals surface area contributed by atoms with Crippen molar-refractivity contribution >= 4 is 0 Å². The summed E-state index contributed by atoms with van der Waals surface area (Å²) in [5, 5.41) is 0. The molecule has 2 N–H and O–H groups in total. The second-order valence-corrected chi connectivity index (χ2v) is 4.13. The van der Waals surface area contributed by atoms with Crippen molar-refractivity contribution in [2.24, 2.45) is 11.8 Å². The molecular formula is C14H14FNO2. The maximum absolute atomic E-state index is 13.0. The van der Waals surface area contributed by atoms with Gasteiger partial charge in [-0.25, -0.2) is 10.3 Å². The van der Waals surface area contributed by atoms with Gasteiger partial charge in [-0.05, 0) is 29.7 Å². The highest BCUT2D eigenvalue weighted by atomic mass is 19.1. The second kappa shape index (κ2) is 5.67. The summed E-state index contributed by atoms with van der Waals surface area (Å²) < 4.78 is 18.5. The molecule has 2 unspecified atom stereocenters. The SMILES string of the molecule is CC1C=C(OCc2cccc(F)c2)C#CC1ON. The average Bonchev–Trinajstić information content (AvgIpc) is 2.37. The van der Waals surface area contributed by atoms with Crippen molar-refractivity contribution in [3.05, 3.63) is 47.5 Å². The fourth-order valence-electron chi connectivity index (χ4n) is 1.67. The number of rotatable bonds is 4. The van der Waals surface area contributed by atoms with Gasteiger partial charge in [0.2, 0.25) is 0 Å². The molecule has 4 heteroatoms. The fourth-order valence-corrected chi connectivity index (χ4v) is 1.67. The van der Waals surface area contributed by atoms with E-state index in [1.807, 2.05) is 13.0 Å². The van der Waals surface area contributed by atoms with E-state index in [9.17, 15) is 4.39 Å². The average molecular weight is 247 g/mol. The molecule has 0 radical (unpaired) electrons. The van der Waals surface area contributed by atoms with Crippen LogP contribution in [-0.2, 0) is 16.2 Å². The van der Waals surface area contributed by atoms with Gasteiger partial charge in [-0.2, -0.15) is 0 Å². The Morgan fingerprint density at radius 1 is 1.44 bits per heavy atom. The molecule has 1 aliphatic rings. The van der Waals surface area contributed by atoms with Crippen LogP contribution in [0.5, 0.6) is 0 Å². The quantitative estimate of drug-likeness (QED) is 0.655. The Morgan fingerprint density at radius 3 is 2.94 bits per heavy atom. The van der Waals surface area contributed by atoms with E-state index in [4.69, 9.17) is 15.5 Å². The highest BCUT2D eigenvalue weighted by molar-refractivity contribution is 5.31. The summed E-state index contributed by atoms with van der Waals surface area (Å²) in [6, 6.07) is 6.28. The molecular weight excluding hydrogens is 233 g/mol. The highest BCUT2D eigenvalue weighted by Gasteiger charge is 2.17. The molecule has 1 aromatic carbocycles. The molecule has 0 aliphatic heterocycles. The monoisotopic (exact) mass is 247 g/mol. The maximum Gasteiger partial charge on any atom is 0.166 e. The van der Waals surface area contributed by atoms with Crippen LogP contribution in [0.15, 0.2) is 36.1 Å². The second-order valence-electron chi connectivity index (χ2n) is 4.13. The Balaban J connectivity index is 1.96. The van der Waals surface area contributed by atoms with Crippen LogP contribution in [0.1, 0.15) is 12.5 Å². The Bertz CT molecular complexity index is 516. The number of nitrogens with two attached hydrogens (primary N) is 1. The summed E-state index contributed by atoms with van der Waals surface area (Å²) in [5.41, 5.74) is 0.766. The molecule has 0 fully saturated rings. The molecule has 18 heavy (non-hydrogen) atoms. The molecule has 2 rings (SSSR count). The molecule has 0 saturated heterocycles. The predicted octanol–water partition coefficient (Wildman–Crippen LogP) is 2.14. The fraction of sp³-hybridized carbons (Fsp3) is 0.286. The summed E-state index contributed by atoms with van der Waals surface area (Å²) in [4.78, 5) is 4.71. The topological polar surface area (TPSA) is 44.5 Å². The lowest BCUT2D eigenvalue weighted by Gasteiger charge is -2.17. The van der Waals surface area contributed by atoms with Crippen molar-refractivity contribution in [1.29, 1.82) is 0 Å². The molecule has 2 atom stereocenters. The van der Waals surface area contributed by atoms with Gasteiger partial charge in [0.15, 0.2) is 5.76 Å². The zero-order valence-corrected chi connectivity index (χ0v) is 10.0. The minimum atomic E-state index is -0.300. The summed E-state index contributed by atoms with van der Waals surface area (Å²) in [7, 11) is 0. The van der Waals surface area contributed by atoms with Gasteiger partial charge < -0.3 is 4.74 Å². The lowest BCUT2D eigenvalue weighted by Crippen LogP contribution is -2.24. The number of ether oxygens (including phenoxy) is 1. The molecule has 1 aromatic rings. The van der Waals surface area contributed by atoms with Gasteiger partial charge in [0.1, 0.15) is 18.5 Å². The Morgan fingerprint density at radius 2 is 2.28 bits per heavy atom. The minimum absolute atomic E-state index is 0.0683. The molecule has 0 amide bonds. The normalized spacial score (nSPS) is 21.8.